The van der Waals surface area contributed by atoms with E-state index in [1.54, 1.807) is 0 Å². The fourth-order valence-electron chi connectivity index (χ4n) is 3.86. The number of morpholine rings is 1. The largest absolute Gasteiger partial charge is 0.375 e. The molecule has 0 bridgehead atoms. The van der Waals surface area contributed by atoms with Crippen LogP contribution in [0.3, 0.4) is 0 Å². The van der Waals surface area contributed by atoms with Crippen LogP contribution in [0.2, 0.25) is 0 Å². The Bertz CT molecular complexity index is 658. The maximum Gasteiger partial charge on any atom is 0.0755 e. The van der Waals surface area contributed by atoms with Gasteiger partial charge in [0.1, 0.15) is 0 Å². The molecule has 0 unspecified atom stereocenters. The molecule has 2 aliphatic heterocycles. The highest BCUT2D eigenvalue weighted by atomic mass is 16.5. The molecule has 2 saturated heterocycles. The highest BCUT2D eigenvalue weighted by Gasteiger charge is 2.37. The fraction of sp³-hybridized carbons (Fsp3) is 0.556. The lowest BCUT2D eigenvalue weighted by Crippen LogP contribution is -2.59. The first-order valence-corrected chi connectivity index (χ1v) is 8.73. The van der Waals surface area contributed by atoms with Crippen molar-refractivity contribution in [1.29, 1.82) is 0 Å². The van der Waals surface area contributed by atoms with E-state index in [0.717, 1.165) is 45.8 Å². The molecule has 2 aromatic heterocycles. The molecule has 2 aromatic rings. The summed E-state index contributed by atoms with van der Waals surface area (Å²) >= 11 is 0. The molecular weight excluding hydrogens is 302 g/mol. The van der Waals surface area contributed by atoms with Crippen molar-refractivity contribution in [2.75, 3.05) is 26.2 Å². The number of ether oxygens (including phenoxy) is 1. The summed E-state index contributed by atoms with van der Waals surface area (Å²) in [5.41, 5.74) is 2.55. The summed E-state index contributed by atoms with van der Waals surface area (Å²) in [5.74, 6) is 0. The molecule has 0 spiro atoms. The van der Waals surface area contributed by atoms with E-state index < -0.39 is 0 Å². The second-order valence-electron chi connectivity index (χ2n) is 6.78. The summed E-state index contributed by atoms with van der Waals surface area (Å²) in [6, 6.07) is 6.74. The molecule has 0 amide bonds. The number of piperidine rings is 1. The zero-order chi connectivity index (χ0) is 16.4. The number of fused-ring (bicyclic) bond motifs is 1. The zero-order valence-corrected chi connectivity index (χ0v) is 14.2. The van der Waals surface area contributed by atoms with Gasteiger partial charge >= 0.3 is 0 Å². The van der Waals surface area contributed by atoms with E-state index in [9.17, 15) is 0 Å². The molecule has 4 heterocycles. The van der Waals surface area contributed by atoms with Gasteiger partial charge in [-0.05, 0) is 24.1 Å². The summed E-state index contributed by atoms with van der Waals surface area (Å²) in [4.78, 5) is 9.35. The first-order valence-electron chi connectivity index (χ1n) is 8.73. The van der Waals surface area contributed by atoms with Crippen LogP contribution >= 0.6 is 0 Å². The van der Waals surface area contributed by atoms with Crippen molar-refractivity contribution in [3.63, 3.8) is 0 Å². The van der Waals surface area contributed by atoms with Gasteiger partial charge in [-0.3, -0.25) is 19.5 Å². The summed E-state index contributed by atoms with van der Waals surface area (Å²) < 4.78 is 8.02. The van der Waals surface area contributed by atoms with Crippen LogP contribution in [0, 0.1) is 0 Å². The second-order valence-corrected chi connectivity index (χ2v) is 6.78. The third-order valence-electron chi connectivity index (χ3n) is 5.20. The van der Waals surface area contributed by atoms with Gasteiger partial charge in [-0.15, -0.1) is 0 Å². The minimum atomic E-state index is 0.359. The van der Waals surface area contributed by atoms with Gasteiger partial charge in [0.25, 0.3) is 0 Å². The standard InChI is InChI=1S/C18H25N5O/c1-21-16(4-7-20-21)13-22-8-5-18-17(14-22)23(9-10-24-18)12-15-3-2-6-19-11-15/h2-4,6-7,11,17-18H,5,8-10,12-14H2,1H3/t17-,18+/m1/s1. The van der Waals surface area contributed by atoms with E-state index in [4.69, 9.17) is 4.74 Å². The molecule has 4 rings (SSSR count). The topological polar surface area (TPSA) is 46.4 Å². The zero-order valence-electron chi connectivity index (χ0n) is 14.2. The molecule has 2 fully saturated rings. The summed E-state index contributed by atoms with van der Waals surface area (Å²) in [6.07, 6.45) is 7.15. The van der Waals surface area contributed by atoms with E-state index in [1.165, 1.54) is 11.3 Å². The van der Waals surface area contributed by atoms with E-state index in [1.807, 2.05) is 36.4 Å². The normalized spacial score (nSPS) is 25.5. The van der Waals surface area contributed by atoms with E-state index in [2.05, 4.69) is 32.0 Å². The Morgan fingerprint density at radius 1 is 1.21 bits per heavy atom. The van der Waals surface area contributed by atoms with Gasteiger partial charge < -0.3 is 4.74 Å². The Morgan fingerprint density at radius 2 is 2.17 bits per heavy atom. The van der Waals surface area contributed by atoms with Crippen molar-refractivity contribution in [2.24, 2.45) is 7.05 Å². The lowest BCUT2D eigenvalue weighted by Gasteiger charge is -2.47. The molecular formula is C18H25N5O. The van der Waals surface area contributed by atoms with Crippen LogP contribution in [0.5, 0.6) is 0 Å². The molecule has 24 heavy (non-hydrogen) atoms. The number of hydrogen-bond donors (Lipinski definition) is 0. The molecule has 0 N–H and O–H groups in total. The first kappa shape index (κ1) is 15.7. The van der Waals surface area contributed by atoms with Crippen molar-refractivity contribution in [2.45, 2.75) is 31.7 Å². The van der Waals surface area contributed by atoms with Crippen molar-refractivity contribution in [3.05, 3.63) is 48.0 Å². The van der Waals surface area contributed by atoms with Crippen molar-refractivity contribution < 1.29 is 4.74 Å². The summed E-state index contributed by atoms with van der Waals surface area (Å²) in [7, 11) is 2.01. The predicted octanol–water partition coefficient (Wildman–Crippen LogP) is 1.29. The Hall–Kier alpha value is -1.76. The fourth-order valence-corrected chi connectivity index (χ4v) is 3.86. The summed E-state index contributed by atoms with van der Waals surface area (Å²) in [6.45, 7) is 5.89. The van der Waals surface area contributed by atoms with Gasteiger partial charge in [-0.1, -0.05) is 6.07 Å². The van der Waals surface area contributed by atoms with Crippen LogP contribution in [0.25, 0.3) is 0 Å². The molecule has 0 aliphatic carbocycles. The highest BCUT2D eigenvalue weighted by Crippen LogP contribution is 2.25. The molecule has 6 heteroatoms. The average molecular weight is 327 g/mol. The SMILES string of the molecule is Cn1nccc1CN1CC[C@@H]2OCCN(Cc3cccnc3)[C@@H]2C1. The number of pyridine rings is 1. The molecule has 6 nitrogen and oxygen atoms in total. The van der Waals surface area contributed by atoms with Crippen molar-refractivity contribution >= 4 is 0 Å². The second kappa shape index (κ2) is 7.01. The third-order valence-corrected chi connectivity index (χ3v) is 5.20. The van der Waals surface area contributed by atoms with Crippen LogP contribution < -0.4 is 0 Å². The Balaban J connectivity index is 1.44. The van der Waals surface area contributed by atoms with Gasteiger partial charge in [-0.25, -0.2) is 0 Å². The van der Waals surface area contributed by atoms with Crippen molar-refractivity contribution in [3.8, 4) is 0 Å². The number of nitrogens with zero attached hydrogens (tertiary/aromatic N) is 5. The van der Waals surface area contributed by atoms with Gasteiger partial charge in [-0.2, -0.15) is 5.10 Å². The number of aromatic nitrogens is 3. The van der Waals surface area contributed by atoms with Crippen LogP contribution in [0.4, 0.5) is 0 Å². The van der Waals surface area contributed by atoms with Crippen LogP contribution in [0.1, 0.15) is 17.7 Å². The first-order chi connectivity index (χ1) is 11.8. The predicted molar refractivity (Wildman–Crippen MR) is 91.3 cm³/mol. The van der Waals surface area contributed by atoms with Gasteiger partial charge in [0, 0.05) is 64.4 Å². The lowest BCUT2D eigenvalue weighted by atomic mass is 9.98. The van der Waals surface area contributed by atoms with E-state index in [-0.39, 0.29) is 0 Å². The Kier molecular flexibility index (Phi) is 4.60. The smallest absolute Gasteiger partial charge is 0.0755 e. The number of aryl methyl sites for hydroxylation is 1. The minimum Gasteiger partial charge on any atom is -0.375 e. The van der Waals surface area contributed by atoms with E-state index in [0.29, 0.717) is 12.1 Å². The Labute approximate surface area is 143 Å². The lowest BCUT2D eigenvalue weighted by molar-refractivity contribution is -0.107. The van der Waals surface area contributed by atoms with Crippen LogP contribution in [-0.4, -0.2) is 63.0 Å². The molecule has 0 radical (unpaired) electrons. The number of hydrogen-bond acceptors (Lipinski definition) is 5. The van der Waals surface area contributed by atoms with Crippen molar-refractivity contribution in [1.82, 2.24) is 24.6 Å². The molecule has 2 aliphatic rings. The van der Waals surface area contributed by atoms with E-state index >= 15 is 0 Å². The average Bonchev–Trinajstić information content (AvgIpc) is 3.01. The quantitative estimate of drug-likeness (QED) is 0.847. The van der Waals surface area contributed by atoms with Crippen LogP contribution in [-0.2, 0) is 24.9 Å². The monoisotopic (exact) mass is 327 g/mol. The molecule has 0 saturated carbocycles. The van der Waals surface area contributed by atoms with Gasteiger partial charge in [0.2, 0.25) is 0 Å². The van der Waals surface area contributed by atoms with Gasteiger partial charge in [0.15, 0.2) is 0 Å². The maximum atomic E-state index is 6.06. The minimum absolute atomic E-state index is 0.359. The molecule has 2 atom stereocenters. The third kappa shape index (κ3) is 3.36. The highest BCUT2D eigenvalue weighted by molar-refractivity contribution is 5.09. The number of rotatable bonds is 4. The molecule has 128 valence electrons. The Morgan fingerprint density at radius 3 is 2.96 bits per heavy atom. The summed E-state index contributed by atoms with van der Waals surface area (Å²) in [5, 5.41) is 4.28. The molecule has 0 aromatic carbocycles. The maximum absolute atomic E-state index is 6.06. The number of likely N-dealkylation sites (tertiary alicyclic amines) is 1. The van der Waals surface area contributed by atoms with Gasteiger partial charge in [0.05, 0.1) is 18.4 Å². The van der Waals surface area contributed by atoms with Crippen LogP contribution in [0.15, 0.2) is 36.8 Å².